The third-order valence-electron chi connectivity index (χ3n) is 2.78. The van der Waals surface area contributed by atoms with Crippen LogP contribution in [0.4, 0.5) is 0 Å². The van der Waals surface area contributed by atoms with E-state index < -0.39 is 0 Å². The topological polar surface area (TPSA) is 39.7 Å². The Hall–Kier alpha value is -0.970. The molecule has 5 heteroatoms. The highest BCUT2D eigenvalue weighted by atomic mass is 35.5. The Morgan fingerprint density at radius 3 is 2.43 bits per heavy atom. The van der Waals surface area contributed by atoms with Crippen molar-refractivity contribution in [1.82, 2.24) is 5.32 Å². The van der Waals surface area contributed by atoms with E-state index in [9.17, 15) is 0 Å². The first kappa shape index (κ1) is 18.1. The minimum absolute atomic E-state index is 0.190. The number of benzene rings is 1. The zero-order valence-corrected chi connectivity index (χ0v) is 14.3. The summed E-state index contributed by atoms with van der Waals surface area (Å²) in [7, 11) is 1.61. The Morgan fingerprint density at radius 2 is 1.86 bits per heavy atom. The summed E-state index contributed by atoms with van der Waals surface area (Å²) in [6, 6.07) is 4.26. The number of ether oxygens (including phenoxy) is 3. The molecular formula is C16H26ClNO3. The average molecular weight is 316 g/mol. The van der Waals surface area contributed by atoms with Gasteiger partial charge in [-0.1, -0.05) is 25.4 Å². The molecule has 1 aromatic rings. The highest BCUT2D eigenvalue weighted by molar-refractivity contribution is 6.32. The summed E-state index contributed by atoms with van der Waals surface area (Å²) >= 11 is 6.30. The van der Waals surface area contributed by atoms with Gasteiger partial charge in [-0.25, -0.2) is 0 Å². The molecule has 0 aliphatic carbocycles. The highest BCUT2D eigenvalue weighted by Gasteiger charge is 2.12. The Kier molecular flexibility index (Phi) is 7.86. The summed E-state index contributed by atoms with van der Waals surface area (Å²) in [5.41, 5.74) is 1.07. The zero-order valence-electron chi connectivity index (χ0n) is 13.5. The molecule has 0 spiro atoms. The molecule has 0 aliphatic heterocycles. The van der Waals surface area contributed by atoms with Crippen LogP contribution >= 0.6 is 11.6 Å². The van der Waals surface area contributed by atoms with Crippen molar-refractivity contribution in [2.45, 2.75) is 46.4 Å². The number of rotatable bonds is 9. The van der Waals surface area contributed by atoms with E-state index >= 15 is 0 Å². The normalized spacial score (nSPS) is 11.2. The molecule has 0 bridgehead atoms. The van der Waals surface area contributed by atoms with Gasteiger partial charge in [0.2, 0.25) is 0 Å². The van der Waals surface area contributed by atoms with Gasteiger partial charge in [-0.05, 0) is 31.5 Å². The molecule has 0 heterocycles. The second-order valence-electron chi connectivity index (χ2n) is 5.41. The lowest BCUT2D eigenvalue weighted by molar-refractivity contribution is 0.0547. The number of hydrogen-bond donors (Lipinski definition) is 1. The van der Waals surface area contributed by atoms with E-state index in [1.54, 1.807) is 7.11 Å². The second kappa shape index (κ2) is 9.13. The van der Waals surface area contributed by atoms with Crippen LogP contribution in [0.1, 0.15) is 33.3 Å². The van der Waals surface area contributed by atoms with Crippen LogP contribution in [-0.4, -0.2) is 32.5 Å². The van der Waals surface area contributed by atoms with Gasteiger partial charge in [0.1, 0.15) is 6.61 Å². The number of halogens is 1. The number of nitrogens with one attached hydrogen (secondary N) is 1. The molecule has 120 valence electrons. The molecule has 21 heavy (non-hydrogen) atoms. The third-order valence-corrected chi connectivity index (χ3v) is 3.07. The monoisotopic (exact) mass is 315 g/mol. The van der Waals surface area contributed by atoms with E-state index in [0.29, 0.717) is 35.8 Å². The summed E-state index contributed by atoms with van der Waals surface area (Å²) in [4.78, 5) is 0. The smallest absolute Gasteiger partial charge is 0.179 e. The van der Waals surface area contributed by atoms with Crippen molar-refractivity contribution < 1.29 is 14.2 Å². The van der Waals surface area contributed by atoms with Crippen molar-refractivity contribution in [3.8, 4) is 11.5 Å². The molecule has 1 N–H and O–H groups in total. The van der Waals surface area contributed by atoms with Crippen LogP contribution in [0.25, 0.3) is 0 Å². The Morgan fingerprint density at radius 1 is 1.14 bits per heavy atom. The maximum absolute atomic E-state index is 6.30. The average Bonchev–Trinajstić information content (AvgIpc) is 2.42. The lowest BCUT2D eigenvalue weighted by Crippen LogP contribution is -2.21. The second-order valence-corrected chi connectivity index (χ2v) is 5.82. The molecule has 0 amide bonds. The summed E-state index contributed by atoms with van der Waals surface area (Å²) < 4.78 is 16.5. The SMILES string of the molecule is COc1cc(CNC(C)C)cc(Cl)c1OCCOC(C)C. The minimum atomic E-state index is 0.190. The van der Waals surface area contributed by atoms with E-state index in [-0.39, 0.29) is 6.10 Å². The maximum Gasteiger partial charge on any atom is 0.179 e. The fourth-order valence-corrected chi connectivity index (χ4v) is 2.05. The first-order valence-corrected chi connectivity index (χ1v) is 7.66. The van der Waals surface area contributed by atoms with Crippen molar-refractivity contribution in [2.24, 2.45) is 0 Å². The number of methoxy groups -OCH3 is 1. The first-order chi connectivity index (χ1) is 9.93. The van der Waals surface area contributed by atoms with Crippen LogP contribution in [0, 0.1) is 0 Å². The molecule has 0 aromatic heterocycles. The molecule has 0 saturated carbocycles. The molecule has 0 saturated heterocycles. The van der Waals surface area contributed by atoms with Gasteiger partial charge in [0.15, 0.2) is 11.5 Å². The predicted octanol–water partition coefficient (Wildman–Crippen LogP) is 3.65. The van der Waals surface area contributed by atoms with Crippen LogP contribution in [0.5, 0.6) is 11.5 Å². The van der Waals surface area contributed by atoms with Crippen molar-refractivity contribution in [1.29, 1.82) is 0 Å². The standard InChI is InChI=1S/C16H26ClNO3/c1-11(2)18-10-13-8-14(17)16(15(9-13)19-5)21-7-6-20-12(3)4/h8-9,11-12,18H,6-7,10H2,1-5H3. The van der Waals surface area contributed by atoms with E-state index in [4.69, 9.17) is 25.8 Å². The van der Waals surface area contributed by atoms with E-state index in [0.717, 1.165) is 12.1 Å². The zero-order chi connectivity index (χ0) is 15.8. The largest absolute Gasteiger partial charge is 0.493 e. The Bertz CT molecular complexity index is 436. The van der Waals surface area contributed by atoms with Gasteiger partial charge in [0.05, 0.1) is 24.8 Å². The number of hydrogen-bond acceptors (Lipinski definition) is 4. The van der Waals surface area contributed by atoms with Gasteiger partial charge >= 0.3 is 0 Å². The van der Waals surface area contributed by atoms with Crippen LogP contribution in [0.3, 0.4) is 0 Å². The third kappa shape index (κ3) is 6.55. The fourth-order valence-electron chi connectivity index (χ4n) is 1.76. The summed E-state index contributed by atoms with van der Waals surface area (Å²) in [6.45, 7) is 9.89. The van der Waals surface area contributed by atoms with E-state index in [1.165, 1.54) is 0 Å². The maximum atomic E-state index is 6.30. The van der Waals surface area contributed by atoms with Crippen molar-refractivity contribution in [3.05, 3.63) is 22.7 Å². The molecule has 0 unspecified atom stereocenters. The fraction of sp³-hybridized carbons (Fsp3) is 0.625. The summed E-state index contributed by atoms with van der Waals surface area (Å²) in [6.07, 6.45) is 0.190. The molecule has 4 nitrogen and oxygen atoms in total. The Labute approximate surface area is 132 Å². The molecular weight excluding hydrogens is 290 g/mol. The quantitative estimate of drug-likeness (QED) is 0.706. The summed E-state index contributed by atoms with van der Waals surface area (Å²) in [5.74, 6) is 1.22. The van der Waals surface area contributed by atoms with Crippen LogP contribution in [-0.2, 0) is 11.3 Å². The van der Waals surface area contributed by atoms with Crippen molar-refractivity contribution in [3.63, 3.8) is 0 Å². The van der Waals surface area contributed by atoms with E-state index in [2.05, 4.69) is 19.2 Å². The molecule has 0 radical (unpaired) electrons. The molecule has 0 fully saturated rings. The van der Waals surface area contributed by atoms with Crippen molar-refractivity contribution >= 4 is 11.6 Å². The lowest BCUT2D eigenvalue weighted by atomic mass is 10.2. The molecule has 1 aromatic carbocycles. The van der Waals surface area contributed by atoms with Crippen molar-refractivity contribution in [2.75, 3.05) is 20.3 Å². The lowest BCUT2D eigenvalue weighted by Gasteiger charge is -2.16. The first-order valence-electron chi connectivity index (χ1n) is 7.28. The van der Waals surface area contributed by atoms with E-state index in [1.807, 2.05) is 26.0 Å². The minimum Gasteiger partial charge on any atom is -0.493 e. The highest BCUT2D eigenvalue weighted by Crippen LogP contribution is 2.36. The Balaban J connectivity index is 2.70. The van der Waals surface area contributed by atoms with Gasteiger partial charge in [-0.3, -0.25) is 0 Å². The van der Waals surface area contributed by atoms with Gasteiger partial charge in [-0.2, -0.15) is 0 Å². The van der Waals surface area contributed by atoms with Gasteiger partial charge in [-0.15, -0.1) is 0 Å². The van der Waals surface area contributed by atoms with Crippen LogP contribution in [0.15, 0.2) is 12.1 Å². The van der Waals surface area contributed by atoms with Gasteiger partial charge in [0, 0.05) is 12.6 Å². The molecule has 1 rings (SSSR count). The van der Waals surface area contributed by atoms with Crippen LogP contribution in [0.2, 0.25) is 5.02 Å². The molecule has 0 atom stereocenters. The summed E-state index contributed by atoms with van der Waals surface area (Å²) in [5, 5.41) is 3.90. The van der Waals surface area contributed by atoms with Gasteiger partial charge < -0.3 is 19.5 Å². The van der Waals surface area contributed by atoms with Gasteiger partial charge in [0.25, 0.3) is 0 Å². The van der Waals surface area contributed by atoms with Crippen LogP contribution < -0.4 is 14.8 Å². The predicted molar refractivity (Wildman–Crippen MR) is 86.6 cm³/mol. The molecule has 0 aliphatic rings.